The van der Waals surface area contributed by atoms with Crippen molar-refractivity contribution in [2.24, 2.45) is 0 Å². The summed E-state index contributed by atoms with van der Waals surface area (Å²) in [5, 5.41) is 11.2. The molecule has 0 unspecified atom stereocenters. The molecule has 1 aromatic carbocycles. The molecule has 0 aliphatic heterocycles. The van der Waals surface area contributed by atoms with Crippen molar-refractivity contribution in [1.82, 2.24) is 19.9 Å². The van der Waals surface area contributed by atoms with Gasteiger partial charge in [0.05, 0.1) is 10.3 Å². The number of carbonyl (C=O) groups excluding carboxylic acids is 1. The zero-order valence-corrected chi connectivity index (χ0v) is 17.8. The second-order valence-electron chi connectivity index (χ2n) is 5.63. The summed E-state index contributed by atoms with van der Waals surface area (Å²) in [6.07, 6.45) is 1.46. The van der Waals surface area contributed by atoms with Crippen LogP contribution in [-0.4, -0.2) is 31.0 Å². The van der Waals surface area contributed by atoms with Crippen molar-refractivity contribution in [3.8, 4) is 5.75 Å². The van der Waals surface area contributed by atoms with Crippen LogP contribution in [0.3, 0.4) is 0 Å². The topological polar surface area (TPSA) is 108 Å². The fraction of sp³-hybridized carbons (Fsp3) is 0.176. The zero-order valence-electron chi connectivity index (χ0n) is 14.7. The molecule has 1 amide bonds. The highest BCUT2D eigenvalue weighted by molar-refractivity contribution is 9.10. The standard InChI is InChI=1S/C17H16BrClN6O2S/c1-10(16(26)22-14-6-5-12(19)8-21-14)28-17-24-23-15(25(17)20)9-27-13-4-2-3-11(18)7-13/h2-8,10H,9,20H2,1H3,(H,21,22,26)/t10-/m1/s1. The van der Waals surface area contributed by atoms with Crippen LogP contribution in [0.15, 0.2) is 52.2 Å². The van der Waals surface area contributed by atoms with Crippen LogP contribution >= 0.6 is 39.3 Å². The molecule has 2 aromatic heterocycles. The number of nitrogens with zero attached hydrogens (tertiary/aromatic N) is 4. The molecular formula is C17H16BrClN6O2S. The summed E-state index contributed by atoms with van der Waals surface area (Å²) in [5.41, 5.74) is 0. The van der Waals surface area contributed by atoms with E-state index >= 15 is 0 Å². The van der Waals surface area contributed by atoms with Crippen LogP contribution in [0.25, 0.3) is 0 Å². The molecule has 146 valence electrons. The smallest absolute Gasteiger partial charge is 0.238 e. The summed E-state index contributed by atoms with van der Waals surface area (Å²) >= 11 is 10.4. The maximum atomic E-state index is 12.3. The number of anilines is 1. The van der Waals surface area contributed by atoms with Crippen LogP contribution in [0, 0.1) is 0 Å². The molecule has 0 spiro atoms. The number of hydrogen-bond acceptors (Lipinski definition) is 7. The Balaban J connectivity index is 1.58. The van der Waals surface area contributed by atoms with E-state index in [-0.39, 0.29) is 12.5 Å². The van der Waals surface area contributed by atoms with Gasteiger partial charge in [0.2, 0.25) is 11.1 Å². The molecule has 0 radical (unpaired) electrons. The number of amides is 1. The summed E-state index contributed by atoms with van der Waals surface area (Å²) in [6, 6.07) is 10.7. The lowest BCUT2D eigenvalue weighted by Gasteiger charge is -2.11. The average Bonchev–Trinajstić information content (AvgIpc) is 3.01. The number of rotatable bonds is 7. The lowest BCUT2D eigenvalue weighted by Crippen LogP contribution is -2.24. The Hall–Kier alpha value is -2.30. The van der Waals surface area contributed by atoms with E-state index in [9.17, 15) is 4.79 Å². The first-order valence-corrected chi connectivity index (χ1v) is 10.1. The van der Waals surface area contributed by atoms with Crippen molar-refractivity contribution in [3.63, 3.8) is 0 Å². The second-order valence-corrected chi connectivity index (χ2v) is 8.29. The van der Waals surface area contributed by atoms with Gasteiger partial charge in [-0.2, -0.15) is 0 Å². The predicted octanol–water partition coefficient (Wildman–Crippen LogP) is 3.50. The first kappa shape index (κ1) is 20.4. The molecule has 0 bridgehead atoms. The number of thioether (sulfide) groups is 1. The van der Waals surface area contributed by atoms with E-state index in [1.54, 1.807) is 19.1 Å². The second kappa shape index (κ2) is 9.26. The molecule has 0 saturated carbocycles. The van der Waals surface area contributed by atoms with Gasteiger partial charge in [0.25, 0.3) is 0 Å². The van der Waals surface area contributed by atoms with Crippen LogP contribution in [0.2, 0.25) is 5.02 Å². The Morgan fingerprint density at radius 2 is 2.21 bits per heavy atom. The van der Waals surface area contributed by atoms with Crippen molar-refractivity contribution < 1.29 is 9.53 Å². The molecule has 11 heteroatoms. The van der Waals surface area contributed by atoms with Crippen molar-refractivity contribution >= 4 is 51.0 Å². The van der Waals surface area contributed by atoms with Crippen molar-refractivity contribution in [3.05, 3.63) is 57.9 Å². The van der Waals surface area contributed by atoms with Crippen LogP contribution in [0.5, 0.6) is 5.75 Å². The molecule has 28 heavy (non-hydrogen) atoms. The van der Waals surface area contributed by atoms with Gasteiger partial charge in [-0.25, -0.2) is 9.66 Å². The van der Waals surface area contributed by atoms with Gasteiger partial charge in [-0.3, -0.25) is 4.79 Å². The number of benzene rings is 1. The van der Waals surface area contributed by atoms with Gasteiger partial charge in [-0.05, 0) is 37.3 Å². The molecule has 2 heterocycles. The normalized spacial score (nSPS) is 11.8. The Kier molecular flexibility index (Phi) is 6.76. The molecular weight excluding hydrogens is 468 g/mol. The molecule has 8 nitrogen and oxygen atoms in total. The average molecular weight is 484 g/mol. The largest absolute Gasteiger partial charge is 0.485 e. The highest BCUT2D eigenvalue weighted by Crippen LogP contribution is 2.23. The van der Waals surface area contributed by atoms with Gasteiger partial charge in [0.1, 0.15) is 18.2 Å². The van der Waals surface area contributed by atoms with E-state index in [0.717, 1.165) is 4.47 Å². The van der Waals surface area contributed by atoms with Crippen LogP contribution in [0.1, 0.15) is 12.7 Å². The van der Waals surface area contributed by atoms with E-state index in [4.69, 9.17) is 22.2 Å². The van der Waals surface area contributed by atoms with E-state index in [1.165, 1.54) is 22.6 Å². The maximum Gasteiger partial charge on any atom is 0.238 e. The quantitative estimate of drug-likeness (QED) is 0.391. The molecule has 3 aromatic rings. The molecule has 0 aliphatic rings. The molecule has 0 fully saturated rings. The van der Waals surface area contributed by atoms with Crippen LogP contribution in [-0.2, 0) is 11.4 Å². The minimum atomic E-state index is -0.470. The van der Waals surface area contributed by atoms with Crippen LogP contribution in [0.4, 0.5) is 5.82 Å². The summed E-state index contributed by atoms with van der Waals surface area (Å²) in [5.74, 6) is 7.33. The third kappa shape index (κ3) is 5.37. The van der Waals surface area contributed by atoms with E-state index in [2.05, 4.69) is 36.4 Å². The number of nitrogens with two attached hydrogens (primary N) is 1. The van der Waals surface area contributed by atoms with E-state index < -0.39 is 5.25 Å². The third-order valence-electron chi connectivity index (χ3n) is 3.53. The molecule has 3 rings (SSSR count). The number of aromatic nitrogens is 4. The van der Waals surface area contributed by atoms with Gasteiger partial charge in [-0.1, -0.05) is 45.4 Å². The molecule has 0 saturated heterocycles. The van der Waals surface area contributed by atoms with Crippen molar-refractivity contribution in [1.29, 1.82) is 0 Å². The number of nitrogen functional groups attached to an aromatic ring is 1. The Bertz CT molecular complexity index is 969. The van der Waals surface area contributed by atoms with E-state index in [1.807, 2.05) is 24.3 Å². The molecule has 3 N–H and O–H groups in total. The predicted molar refractivity (Wildman–Crippen MR) is 112 cm³/mol. The summed E-state index contributed by atoms with van der Waals surface area (Å²) in [6.45, 7) is 1.89. The van der Waals surface area contributed by atoms with Gasteiger partial charge in [0.15, 0.2) is 5.82 Å². The zero-order chi connectivity index (χ0) is 20.1. The highest BCUT2D eigenvalue weighted by Gasteiger charge is 2.20. The monoisotopic (exact) mass is 482 g/mol. The Labute approximate surface area is 178 Å². The number of ether oxygens (including phenoxy) is 1. The Morgan fingerprint density at radius 1 is 1.39 bits per heavy atom. The summed E-state index contributed by atoms with van der Waals surface area (Å²) in [7, 11) is 0. The minimum Gasteiger partial charge on any atom is -0.485 e. The summed E-state index contributed by atoms with van der Waals surface area (Å²) in [4.78, 5) is 16.4. The fourth-order valence-corrected chi connectivity index (χ4v) is 3.36. The number of halogens is 2. The first-order valence-electron chi connectivity index (χ1n) is 8.09. The lowest BCUT2D eigenvalue weighted by atomic mass is 10.3. The SMILES string of the molecule is C[C@@H](Sc1nnc(COc2cccc(Br)c2)n1N)C(=O)Nc1ccc(Cl)cn1. The van der Waals surface area contributed by atoms with Crippen molar-refractivity contribution in [2.45, 2.75) is 23.9 Å². The van der Waals surface area contributed by atoms with Gasteiger partial charge >= 0.3 is 0 Å². The number of carbonyl (C=O) groups is 1. The van der Waals surface area contributed by atoms with Gasteiger partial charge in [0, 0.05) is 10.7 Å². The highest BCUT2D eigenvalue weighted by atomic mass is 79.9. The molecule has 1 atom stereocenters. The Morgan fingerprint density at radius 3 is 2.93 bits per heavy atom. The fourth-order valence-electron chi connectivity index (χ4n) is 2.08. The maximum absolute atomic E-state index is 12.3. The van der Waals surface area contributed by atoms with Gasteiger partial charge in [-0.15, -0.1) is 10.2 Å². The number of hydrogen-bond donors (Lipinski definition) is 2. The van der Waals surface area contributed by atoms with E-state index in [0.29, 0.717) is 27.6 Å². The molecule has 0 aliphatic carbocycles. The third-order valence-corrected chi connectivity index (χ3v) is 5.30. The minimum absolute atomic E-state index is 0.149. The van der Waals surface area contributed by atoms with Gasteiger partial charge < -0.3 is 15.9 Å². The summed E-state index contributed by atoms with van der Waals surface area (Å²) < 4.78 is 7.89. The van der Waals surface area contributed by atoms with Crippen LogP contribution < -0.4 is 15.9 Å². The van der Waals surface area contributed by atoms with Crippen molar-refractivity contribution in [2.75, 3.05) is 11.2 Å². The first-order chi connectivity index (χ1) is 13.4. The lowest BCUT2D eigenvalue weighted by molar-refractivity contribution is -0.115. The number of pyridine rings is 1. The number of nitrogens with one attached hydrogen (secondary N) is 1.